The van der Waals surface area contributed by atoms with Crippen molar-refractivity contribution >= 4 is 39.8 Å². The van der Waals surface area contributed by atoms with Crippen LogP contribution < -0.4 is 5.32 Å². The number of nitrogens with one attached hydrogen (secondary N) is 1. The van der Waals surface area contributed by atoms with Gasteiger partial charge in [-0.05, 0) is 36.8 Å². The van der Waals surface area contributed by atoms with E-state index in [0.717, 1.165) is 42.7 Å². The van der Waals surface area contributed by atoms with Crippen LogP contribution in [-0.2, 0) is 26.9 Å². The van der Waals surface area contributed by atoms with Gasteiger partial charge >= 0.3 is 0 Å². The smallest absolute Gasteiger partial charge is 0.194 e. The summed E-state index contributed by atoms with van der Waals surface area (Å²) < 4.78 is 28.4. The predicted molar refractivity (Wildman–Crippen MR) is 121 cm³/mol. The van der Waals surface area contributed by atoms with Gasteiger partial charge < -0.3 is 15.0 Å². The van der Waals surface area contributed by atoms with Crippen molar-refractivity contribution in [1.82, 2.24) is 10.2 Å². The van der Waals surface area contributed by atoms with Gasteiger partial charge in [0, 0.05) is 33.0 Å². The number of nitrogens with zero attached hydrogens (tertiary/aromatic N) is 2. The maximum absolute atomic E-state index is 11.4. The molecule has 0 heterocycles. The zero-order chi connectivity index (χ0) is 19.0. The van der Waals surface area contributed by atoms with Crippen LogP contribution in [0.2, 0.25) is 0 Å². The number of ether oxygens (including phenoxy) is 1. The first-order chi connectivity index (χ1) is 12.4. The van der Waals surface area contributed by atoms with E-state index in [1.165, 1.54) is 19.1 Å². The van der Waals surface area contributed by atoms with Crippen molar-refractivity contribution < 1.29 is 13.2 Å². The van der Waals surface area contributed by atoms with Crippen LogP contribution in [0.3, 0.4) is 0 Å². The average molecular weight is 509 g/mol. The van der Waals surface area contributed by atoms with Crippen LogP contribution in [0, 0.1) is 5.92 Å². The Bertz CT molecular complexity index is 689. The summed E-state index contributed by atoms with van der Waals surface area (Å²) >= 11 is 0. The second-order valence-electron chi connectivity index (χ2n) is 7.00. The van der Waals surface area contributed by atoms with Crippen molar-refractivity contribution in [1.29, 1.82) is 0 Å². The Balaban J connectivity index is 0.00000364. The number of likely N-dealkylation sites (N-methyl/N-ethyl adjacent to an activating group) is 1. The first kappa shape index (κ1) is 24.2. The Labute approximate surface area is 180 Å². The largest absolute Gasteiger partial charge is 0.379 e. The third kappa shape index (κ3) is 10.3. The molecule has 0 aliphatic heterocycles. The maximum atomic E-state index is 11.4. The van der Waals surface area contributed by atoms with E-state index >= 15 is 0 Å². The minimum Gasteiger partial charge on any atom is -0.379 e. The highest BCUT2D eigenvalue weighted by Gasteiger charge is 2.21. The van der Waals surface area contributed by atoms with Crippen molar-refractivity contribution in [3.8, 4) is 0 Å². The first-order valence-corrected chi connectivity index (χ1v) is 11.3. The highest BCUT2D eigenvalue weighted by Crippen LogP contribution is 2.28. The van der Waals surface area contributed by atoms with Crippen molar-refractivity contribution in [3.63, 3.8) is 0 Å². The van der Waals surface area contributed by atoms with Gasteiger partial charge in [-0.2, -0.15) is 0 Å². The molecule has 1 aliphatic rings. The van der Waals surface area contributed by atoms with Gasteiger partial charge in [0.15, 0.2) is 15.8 Å². The van der Waals surface area contributed by atoms with Gasteiger partial charge in [0.2, 0.25) is 0 Å². The monoisotopic (exact) mass is 509 g/mol. The molecule has 6 nitrogen and oxygen atoms in total. The summed E-state index contributed by atoms with van der Waals surface area (Å²) in [6, 6.07) is 7.58. The summed E-state index contributed by atoms with van der Waals surface area (Å²) in [6.45, 7) is 5.78. The van der Waals surface area contributed by atoms with Gasteiger partial charge in [0.1, 0.15) is 0 Å². The molecule has 0 atom stereocenters. The van der Waals surface area contributed by atoms with E-state index in [-0.39, 0.29) is 29.7 Å². The van der Waals surface area contributed by atoms with Gasteiger partial charge in [-0.25, -0.2) is 13.4 Å². The van der Waals surface area contributed by atoms with Crippen molar-refractivity contribution in [2.75, 3.05) is 39.6 Å². The average Bonchev–Trinajstić information content (AvgIpc) is 3.39. The number of hydrogen-bond donors (Lipinski definition) is 1. The summed E-state index contributed by atoms with van der Waals surface area (Å²) in [4.78, 5) is 6.75. The van der Waals surface area contributed by atoms with Gasteiger partial charge in [-0.1, -0.05) is 24.3 Å². The Hall–Kier alpha value is -0.870. The molecular formula is C19H32IN3O3S. The molecule has 1 saturated carbocycles. The molecule has 154 valence electrons. The third-order valence-electron chi connectivity index (χ3n) is 4.18. The lowest BCUT2D eigenvalue weighted by atomic mass is 10.1. The number of guanidine groups is 1. The van der Waals surface area contributed by atoms with Crippen LogP contribution in [0.4, 0.5) is 0 Å². The van der Waals surface area contributed by atoms with Crippen LogP contribution in [0.1, 0.15) is 30.9 Å². The molecule has 0 radical (unpaired) electrons. The van der Waals surface area contributed by atoms with Crippen LogP contribution >= 0.6 is 24.0 Å². The first-order valence-electron chi connectivity index (χ1n) is 9.20. The number of rotatable bonds is 10. The summed E-state index contributed by atoms with van der Waals surface area (Å²) in [5, 5.41) is 3.30. The minimum absolute atomic E-state index is 0. The van der Waals surface area contributed by atoms with E-state index in [4.69, 9.17) is 4.74 Å². The maximum Gasteiger partial charge on any atom is 0.194 e. The molecule has 1 N–H and O–H groups in total. The normalized spacial score (nSPS) is 14.6. The molecule has 1 fully saturated rings. The molecule has 1 aromatic carbocycles. The summed E-state index contributed by atoms with van der Waals surface area (Å²) in [5.41, 5.74) is 1.85. The topological polar surface area (TPSA) is 71.0 Å². The van der Waals surface area contributed by atoms with E-state index in [1.54, 1.807) is 0 Å². The molecular weight excluding hydrogens is 477 g/mol. The van der Waals surface area contributed by atoms with Crippen LogP contribution in [0.5, 0.6) is 0 Å². The van der Waals surface area contributed by atoms with Crippen molar-refractivity contribution in [2.24, 2.45) is 10.9 Å². The van der Waals surface area contributed by atoms with Crippen LogP contribution in [-0.4, -0.2) is 58.9 Å². The number of sulfone groups is 1. The standard InChI is InChI=1S/C19H31N3O3S.HI/c1-4-20-19(22(2)11-12-25-14-17-7-8-17)21-13-16-5-9-18(10-6-16)15-26(3,23)24;/h5-6,9-10,17H,4,7-8,11-15H2,1-3H3,(H,20,21);1H. The van der Waals surface area contributed by atoms with Gasteiger partial charge in [0.05, 0.1) is 18.9 Å². The predicted octanol–water partition coefficient (Wildman–Crippen LogP) is 2.67. The second kappa shape index (κ2) is 11.9. The van der Waals surface area contributed by atoms with Crippen molar-refractivity contribution in [2.45, 2.75) is 32.1 Å². The fourth-order valence-electron chi connectivity index (χ4n) is 2.52. The summed E-state index contributed by atoms with van der Waals surface area (Å²) in [7, 11) is -0.992. The van der Waals surface area contributed by atoms with Gasteiger partial charge in [-0.3, -0.25) is 0 Å². The van der Waals surface area contributed by atoms with Gasteiger partial charge in [-0.15, -0.1) is 24.0 Å². The lowest BCUT2D eigenvalue weighted by Crippen LogP contribution is -2.40. The molecule has 27 heavy (non-hydrogen) atoms. The summed E-state index contributed by atoms with van der Waals surface area (Å²) in [6.07, 6.45) is 3.87. The Morgan fingerprint density at radius 2 is 1.89 bits per heavy atom. The van der Waals surface area contributed by atoms with E-state index < -0.39 is 9.84 Å². The number of halogens is 1. The van der Waals surface area contributed by atoms with Crippen molar-refractivity contribution in [3.05, 3.63) is 35.4 Å². The van der Waals surface area contributed by atoms with E-state index in [1.807, 2.05) is 38.2 Å². The zero-order valence-corrected chi connectivity index (χ0v) is 19.6. The zero-order valence-electron chi connectivity index (χ0n) is 16.5. The highest BCUT2D eigenvalue weighted by atomic mass is 127. The fraction of sp³-hybridized carbons (Fsp3) is 0.632. The highest BCUT2D eigenvalue weighted by molar-refractivity contribution is 14.0. The van der Waals surface area contributed by atoms with Gasteiger partial charge in [0.25, 0.3) is 0 Å². The van der Waals surface area contributed by atoms with E-state index in [2.05, 4.69) is 15.2 Å². The SMILES string of the molecule is CCNC(=NCc1ccc(CS(C)(=O)=O)cc1)N(C)CCOCC1CC1.I. The quantitative estimate of drug-likeness (QED) is 0.227. The number of benzene rings is 1. The minimum atomic E-state index is -3.00. The molecule has 0 saturated heterocycles. The third-order valence-corrected chi connectivity index (χ3v) is 5.04. The molecule has 1 aromatic rings. The van der Waals surface area contributed by atoms with Crippen LogP contribution in [0.25, 0.3) is 0 Å². The Kier molecular flexibility index (Phi) is 10.6. The second-order valence-corrected chi connectivity index (χ2v) is 9.14. The molecule has 8 heteroatoms. The fourth-order valence-corrected chi connectivity index (χ4v) is 3.32. The van der Waals surface area contributed by atoms with Crippen LogP contribution in [0.15, 0.2) is 29.3 Å². The number of aliphatic imine (C=N–C) groups is 1. The molecule has 0 unspecified atom stereocenters. The molecule has 0 spiro atoms. The molecule has 1 aliphatic carbocycles. The molecule has 0 bridgehead atoms. The molecule has 0 amide bonds. The Morgan fingerprint density at radius 3 is 2.44 bits per heavy atom. The van der Waals surface area contributed by atoms with E-state index in [9.17, 15) is 8.42 Å². The lowest BCUT2D eigenvalue weighted by Gasteiger charge is -2.22. The summed E-state index contributed by atoms with van der Waals surface area (Å²) in [5.74, 6) is 1.71. The lowest BCUT2D eigenvalue weighted by molar-refractivity contribution is 0.115. The molecule has 2 rings (SSSR count). The number of hydrogen-bond acceptors (Lipinski definition) is 4. The Morgan fingerprint density at radius 1 is 1.26 bits per heavy atom. The van der Waals surface area contributed by atoms with E-state index in [0.29, 0.717) is 13.2 Å². The molecule has 0 aromatic heterocycles.